The fourth-order valence-corrected chi connectivity index (χ4v) is 7.80. The van der Waals surface area contributed by atoms with Gasteiger partial charge in [0.2, 0.25) is 0 Å². The van der Waals surface area contributed by atoms with Crippen molar-refractivity contribution in [1.29, 1.82) is 0 Å². The Morgan fingerprint density at radius 1 is 0.509 bits per heavy atom. The van der Waals surface area contributed by atoms with Crippen LogP contribution in [0.2, 0.25) is 0 Å². The highest BCUT2D eigenvalue weighted by Gasteiger charge is 2.22. The third kappa shape index (κ3) is 5.07. The number of para-hydroxylation sites is 2. The van der Waals surface area contributed by atoms with Crippen LogP contribution in [0.5, 0.6) is 11.5 Å². The lowest BCUT2D eigenvalue weighted by Crippen LogP contribution is -2.12. The Bertz CT molecular complexity index is 2950. The number of imidazole rings is 1. The zero-order valence-corrected chi connectivity index (χ0v) is 29.8. The monoisotopic (exact) mass is 684 g/mol. The smallest absolute Gasteiger partial charge is 0.146 e. The van der Waals surface area contributed by atoms with E-state index in [1.165, 1.54) is 10.9 Å². The summed E-state index contributed by atoms with van der Waals surface area (Å²) in [6, 6.07) is 55.3. The number of pyridine rings is 2. The minimum absolute atomic E-state index is 0.119. The lowest BCUT2D eigenvalue weighted by atomic mass is 9.86. The van der Waals surface area contributed by atoms with Crippen molar-refractivity contribution in [3.63, 3.8) is 0 Å². The molecule has 0 aliphatic carbocycles. The van der Waals surface area contributed by atoms with E-state index < -0.39 is 0 Å². The molecule has 5 nitrogen and oxygen atoms in total. The zero-order valence-electron chi connectivity index (χ0n) is 29.8. The highest BCUT2D eigenvalue weighted by atomic mass is 16.5. The lowest BCUT2D eigenvalue weighted by Gasteiger charge is -2.22. The Morgan fingerprint density at radius 3 is 1.92 bits per heavy atom. The van der Waals surface area contributed by atoms with Crippen LogP contribution < -0.4 is 4.74 Å². The highest BCUT2D eigenvalue weighted by molar-refractivity contribution is 6.13. The molecular weight excluding hydrogens is 649 g/mol. The number of nitrogens with zero attached hydrogens (tertiary/aromatic N) is 4. The first-order valence-electron chi connectivity index (χ1n) is 18.1. The van der Waals surface area contributed by atoms with Gasteiger partial charge >= 0.3 is 0 Å². The molecule has 0 aliphatic heterocycles. The molecule has 0 bridgehead atoms. The van der Waals surface area contributed by atoms with Gasteiger partial charge in [0, 0.05) is 44.9 Å². The van der Waals surface area contributed by atoms with Crippen LogP contribution >= 0.6 is 0 Å². The summed E-state index contributed by atoms with van der Waals surface area (Å²) in [7, 11) is 0. The molecule has 10 rings (SSSR count). The van der Waals surface area contributed by atoms with E-state index in [0.29, 0.717) is 0 Å². The predicted molar refractivity (Wildman–Crippen MR) is 218 cm³/mol. The number of benzene rings is 6. The third-order valence-corrected chi connectivity index (χ3v) is 10.3. The molecule has 254 valence electrons. The van der Waals surface area contributed by atoms with Crippen LogP contribution in [0.1, 0.15) is 26.3 Å². The first-order valence-corrected chi connectivity index (χ1v) is 18.1. The standard InChI is InChI=1S/C48H36N4O/c1-48(2,3)33-27-34(51-42-22-12-11-20-39(42)40-21-14-26-49-46(40)51)29-36(28-33)53-35-24-25-37-38-19-10-13-23-43(38)52-45(32-17-8-5-9-18-32)44(31-15-6-4-7-16-31)50-47(52)41(37)30-35/h4-30H,1-3H3. The fourth-order valence-electron chi connectivity index (χ4n) is 7.80. The van der Waals surface area contributed by atoms with Crippen LogP contribution in [0.4, 0.5) is 0 Å². The molecule has 0 radical (unpaired) electrons. The van der Waals surface area contributed by atoms with E-state index in [4.69, 9.17) is 14.7 Å². The van der Waals surface area contributed by atoms with Gasteiger partial charge in [0.05, 0.1) is 28.1 Å². The van der Waals surface area contributed by atoms with Gasteiger partial charge in [-0.2, -0.15) is 0 Å². The highest BCUT2D eigenvalue weighted by Crippen LogP contribution is 2.41. The van der Waals surface area contributed by atoms with Crippen molar-refractivity contribution in [2.24, 2.45) is 0 Å². The van der Waals surface area contributed by atoms with Crippen LogP contribution in [-0.2, 0) is 5.41 Å². The molecular formula is C48H36N4O. The molecule has 0 amide bonds. The van der Waals surface area contributed by atoms with Gasteiger partial charge in [-0.15, -0.1) is 0 Å². The van der Waals surface area contributed by atoms with E-state index in [0.717, 1.165) is 83.6 Å². The molecule has 0 N–H and O–H groups in total. The van der Waals surface area contributed by atoms with E-state index >= 15 is 0 Å². The van der Waals surface area contributed by atoms with E-state index in [-0.39, 0.29) is 5.41 Å². The molecule has 10 aromatic rings. The Hall–Kier alpha value is -6.72. The second kappa shape index (κ2) is 11.9. The Labute approximate surface area is 307 Å². The maximum Gasteiger partial charge on any atom is 0.146 e. The topological polar surface area (TPSA) is 44.4 Å². The first-order chi connectivity index (χ1) is 25.9. The maximum absolute atomic E-state index is 6.88. The van der Waals surface area contributed by atoms with Gasteiger partial charge < -0.3 is 4.74 Å². The van der Waals surface area contributed by atoms with Gasteiger partial charge in [-0.25, -0.2) is 9.97 Å². The molecule has 0 saturated carbocycles. The molecule has 0 saturated heterocycles. The van der Waals surface area contributed by atoms with Gasteiger partial charge in [-0.3, -0.25) is 8.97 Å². The van der Waals surface area contributed by atoms with Crippen molar-refractivity contribution in [3.05, 3.63) is 169 Å². The van der Waals surface area contributed by atoms with E-state index in [9.17, 15) is 0 Å². The van der Waals surface area contributed by atoms with Crippen molar-refractivity contribution in [2.75, 3.05) is 0 Å². The number of hydrogen-bond donors (Lipinski definition) is 0. The quantitative estimate of drug-likeness (QED) is 0.170. The summed E-state index contributed by atoms with van der Waals surface area (Å²) < 4.78 is 11.5. The molecule has 5 heteroatoms. The first kappa shape index (κ1) is 31.1. The Kier molecular flexibility index (Phi) is 6.99. The summed E-state index contributed by atoms with van der Waals surface area (Å²) in [6.07, 6.45) is 1.87. The van der Waals surface area contributed by atoms with Crippen LogP contribution in [-0.4, -0.2) is 18.9 Å². The summed E-state index contributed by atoms with van der Waals surface area (Å²) in [5.74, 6) is 1.52. The van der Waals surface area contributed by atoms with Crippen LogP contribution in [0.3, 0.4) is 0 Å². The molecule has 0 unspecified atom stereocenters. The molecule has 0 aliphatic rings. The maximum atomic E-state index is 6.88. The summed E-state index contributed by atoms with van der Waals surface area (Å²) in [5, 5.41) is 5.62. The minimum Gasteiger partial charge on any atom is -0.457 e. The Morgan fingerprint density at radius 2 is 1.17 bits per heavy atom. The van der Waals surface area contributed by atoms with E-state index in [2.05, 4.69) is 175 Å². The van der Waals surface area contributed by atoms with Crippen LogP contribution in [0.25, 0.3) is 77.5 Å². The van der Waals surface area contributed by atoms with E-state index in [1.807, 2.05) is 18.3 Å². The molecule has 0 fully saturated rings. The van der Waals surface area contributed by atoms with Crippen LogP contribution in [0, 0.1) is 0 Å². The van der Waals surface area contributed by atoms with Crippen molar-refractivity contribution in [2.45, 2.75) is 26.2 Å². The van der Waals surface area contributed by atoms with Crippen molar-refractivity contribution in [1.82, 2.24) is 18.9 Å². The average molecular weight is 685 g/mol. The van der Waals surface area contributed by atoms with Crippen molar-refractivity contribution in [3.8, 4) is 39.7 Å². The number of fused-ring (bicyclic) bond motifs is 9. The molecule has 4 heterocycles. The SMILES string of the molecule is CC(C)(C)c1cc(Oc2ccc3c4ccccc4n4c(-c5ccccc5)c(-c5ccccc5)nc4c3c2)cc(-n2c3ccccc3c3cccnc32)c1. The molecule has 4 aromatic heterocycles. The van der Waals surface area contributed by atoms with Crippen LogP contribution in [0.15, 0.2) is 164 Å². The number of rotatable bonds is 5. The number of aromatic nitrogens is 4. The summed E-state index contributed by atoms with van der Waals surface area (Å²) in [4.78, 5) is 10.3. The van der Waals surface area contributed by atoms with Gasteiger partial charge in [-0.05, 0) is 71.0 Å². The minimum atomic E-state index is -0.119. The molecule has 0 atom stereocenters. The molecule has 0 spiro atoms. The zero-order chi connectivity index (χ0) is 35.7. The number of ether oxygens (including phenoxy) is 1. The second-order valence-electron chi connectivity index (χ2n) is 14.7. The molecule has 53 heavy (non-hydrogen) atoms. The normalized spacial score (nSPS) is 12.1. The largest absolute Gasteiger partial charge is 0.457 e. The van der Waals surface area contributed by atoms with E-state index in [1.54, 1.807) is 0 Å². The van der Waals surface area contributed by atoms with Crippen molar-refractivity contribution < 1.29 is 4.74 Å². The number of hydrogen-bond acceptors (Lipinski definition) is 3. The van der Waals surface area contributed by atoms with Gasteiger partial charge in [-0.1, -0.05) is 118 Å². The summed E-state index contributed by atoms with van der Waals surface area (Å²) in [6.45, 7) is 6.72. The summed E-state index contributed by atoms with van der Waals surface area (Å²) in [5.41, 5.74) is 10.3. The van der Waals surface area contributed by atoms with Crippen molar-refractivity contribution >= 4 is 49.3 Å². The second-order valence-corrected chi connectivity index (χ2v) is 14.7. The average Bonchev–Trinajstić information content (AvgIpc) is 3.76. The Balaban J connectivity index is 1.20. The van der Waals surface area contributed by atoms with Gasteiger partial charge in [0.1, 0.15) is 22.8 Å². The summed E-state index contributed by atoms with van der Waals surface area (Å²) >= 11 is 0. The fraction of sp³-hybridized carbons (Fsp3) is 0.0833. The lowest BCUT2D eigenvalue weighted by molar-refractivity contribution is 0.479. The van der Waals surface area contributed by atoms with Gasteiger partial charge in [0.15, 0.2) is 0 Å². The van der Waals surface area contributed by atoms with Gasteiger partial charge in [0.25, 0.3) is 0 Å². The predicted octanol–water partition coefficient (Wildman–Crippen LogP) is 12.6. The third-order valence-electron chi connectivity index (χ3n) is 10.3. The molecule has 6 aromatic carbocycles.